The summed E-state index contributed by atoms with van der Waals surface area (Å²) in [6.07, 6.45) is 0.435. The fourth-order valence-electron chi connectivity index (χ4n) is 3.09. The number of carbonyl (C=O) groups is 2. The zero-order valence-corrected chi connectivity index (χ0v) is 17.5. The number of carbonyl (C=O) groups excluding carboxylic acids is 2. The molecule has 0 saturated carbocycles. The number of hydrogen-bond donors (Lipinski definition) is 3. The van der Waals surface area contributed by atoms with Crippen molar-refractivity contribution in [3.63, 3.8) is 0 Å². The number of benzene rings is 3. The highest BCUT2D eigenvalue weighted by Crippen LogP contribution is 2.21. The third-order valence-corrected chi connectivity index (χ3v) is 5.63. The predicted octanol–water partition coefficient (Wildman–Crippen LogP) is 1.90. The van der Waals surface area contributed by atoms with Gasteiger partial charge in [-0.05, 0) is 35.2 Å². The third kappa shape index (κ3) is 6.24. The molecule has 4 N–H and O–H groups in total. The molecule has 160 valence electrons. The lowest BCUT2D eigenvalue weighted by atomic mass is 9.99. The van der Waals surface area contributed by atoms with E-state index >= 15 is 0 Å². The second-order valence-electron chi connectivity index (χ2n) is 6.92. The molecule has 3 aromatic rings. The van der Waals surface area contributed by atoms with E-state index in [1.54, 1.807) is 12.1 Å². The molecule has 3 rings (SSSR count). The molecule has 0 aliphatic rings. The van der Waals surface area contributed by atoms with Crippen LogP contribution in [0, 0.1) is 0 Å². The van der Waals surface area contributed by atoms with Gasteiger partial charge in [0.25, 0.3) is 0 Å². The molecule has 0 heterocycles. The normalized spacial score (nSPS) is 11.2. The lowest BCUT2D eigenvalue weighted by molar-refractivity contribution is -0.139. The van der Waals surface area contributed by atoms with Gasteiger partial charge in [0.1, 0.15) is 0 Å². The Hall–Kier alpha value is -3.49. The van der Waals surface area contributed by atoms with Crippen LogP contribution in [0.15, 0.2) is 89.8 Å². The van der Waals surface area contributed by atoms with E-state index in [0.717, 1.165) is 16.7 Å². The van der Waals surface area contributed by atoms with Crippen LogP contribution in [0.25, 0.3) is 0 Å². The lowest BCUT2D eigenvalue weighted by Crippen LogP contribution is -2.42. The minimum absolute atomic E-state index is 0.0209. The number of nitrogens with one attached hydrogen (secondary N) is 2. The van der Waals surface area contributed by atoms with Crippen molar-refractivity contribution in [2.45, 2.75) is 17.4 Å². The second kappa shape index (κ2) is 10.0. The Morgan fingerprint density at radius 1 is 0.774 bits per heavy atom. The SMILES string of the molecule is NS(=O)(=O)c1ccc(CCNC(=O)C(=O)NC(c2ccccc2)c2ccccc2)cc1. The van der Waals surface area contributed by atoms with Gasteiger partial charge in [-0.15, -0.1) is 0 Å². The minimum atomic E-state index is -3.74. The van der Waals surface area contributed by atoms with Crippen LogP contribution < -0.4 is 15.8 Å². The molecule has 0 unspecified atom stereocenters. The summed E-state index contributed by atoms with van der Waals surface area (Å²) in [5.74, 6) is -1.47. The van der Waals surface area contributed by atoms with E-state index in [1.165, 1.54) is 12.1 Å². The smallest absolute Gasteiger partial charge is 0.310 e. The van der Waals surface area contributed by atoms with Gasteiger partial charge in [-0.25, -0.2) is 13.6 Å². The van der Waals surface area contributed by atoms with Crippen LogP contribution in [-0.2, 0) is 26.0 Å². The first-order valence-electron chi connectivity index (χ1n) is 9.65. The minimum Gasteiger partial charge on any atom is -0.348 e. The molecular weight excluding hydrogens is 414 g/mol. The van der Waals surface area contributed by atoms with Gasteiger partial charge in [0.2, 0.25) is 10.0 Å². The molecule has 0 atom stereocenters. The van der Waals surface area contributed by atoms with Crippen molar-refractivity contribution in [3.05, 3.63) is 102 Å². The van der Waals surface area contributed by atoms with Crippen molar-refractivity contribution in [2.75, 3.05) is 6.54 Å². The number of rotatable bonds is 7. The molecule has 3 aromatic carbocycles. The number of nitrogens with two attached hydrogens (primary N) is 1. The van der Waals surface area contributed by atoms with Crippen LogP contribution >= 0.6 is 0 Å². The first kappa shape index (κ1) is 22.2. The highest BCUT2D eigenvalue weighted by molar-refractivity contribution is 7.89. The number of hydrogen-bond acceptors (Lipinski definition) is 4. The second-order valence-corrected chi connectivity index (χ2v) is 8.48. The van der Waals surface area contributed by atoms with E-state index in [-0.39, 0.29) is 11.4 Å². The molecule has 0 aliphatic heterocycles. The highest BCUT2D eigenvalue weighted by atomic mass is 32.2. The first-order chi connectivity index (χ1) is 14.8. The summed E-state index contributed by atoms with van der Waals surface area (Å²) in [5.41, 5.74) is 2.54. The van der Waals surface area contributed by atoms with Crippen LogP contribution in [0.5, 0.6) is 0 Å². The van der Waals surface area contributed by atoms with Crippen molar-refractivity contribution in [3.8, 4) is 0 Å². The molecule has 0 bridgehead atoms. The maximum absolute atomic E-state index is 12.5. The Kier molecular flexibility index (Phi) is 7.17. The van der Waals surface area contributed by atoms with Gasteiger partial charge in [-0.2, -0.15) is 0 Å². The van der Waals surface area contributed by atoms with Gasteiger partial charge in [0, 0.05) is 6.54 Å². The summed E-state index contributed by atoms with van der Waals surface area (Å²) in [4.78, 5) is 24.8. The van der Waals surface area contributed by atoms with E-state index in [0.29, 0.717) is 6.42 Å². The maximum Gasteiger partial charge on any atom is 0.310 e. The summed E-state index contributed by atoms with van der Waals surface area (Å²) >= 11 is 0. The van der Waals surface area contributed by atoms with Crippen LogP contribution in [0.2, 0.25) is 0 Å². The van der Waals surface area contributed by atoms with Crippen molar-refractivity contribution >= 4 is 21.8 Å². The fourth-order valence-corrected chi connectivity index (χ4v) is 3.61. The highest BCUT2D eigenvalue weighted by Gasteiger charge is 2.21. The fraction of sp³-hybridized carbons (Fsp3) is 0.130. The molecular formula is C23H23N3O4S. The van der Waals surface area contributed by atoms with Gasteiger partial charge in [-0.3, -0.25) is 9.59 Å². The summed E-state index contributed by atoms with van der Waals surface area (Å²) in [7, 11) is -3.74. The van der Waals surface area contributed by atoms with E-state index in [2.05, 4.69) is 10.6 Å². The van der Waals surface area contributed by atoms with Gasteiger partial charge < -0.3 is 10.6 Å². The van der Waals surface area contributed by atoms with Crippen LogP contribution in [0.4, 0.5) is 0 Å². The van der Waals surface area contributed by atoms with E-state index in [4.69, 9.17) is 5.14 Å². The van der Waals surface area contributed by atoms with Crippen LogP contribution in [0.3, 0.4) is 0 Å². The molecule has 2 amide bonds. The third-order valence-electron chi connectivity index (χ3n) is 4.70. The Labute approximate surface area is 181 Å². The van der Waals surface area contributed by atoms with Gasteiger partial charge >= 0.3 is 11.8 Å². The number of amides is 2. The van der Waals surface area contributed by atoms with E-state index < -0.39 is 27.9 Å². The van der Waals surface area contributed by atoms with Crippen LogP contribution in [0.1, 0.15) is 22.7 Å². The van der Waals surface area contributed by atoms with Gasteiger partial charge in [0.05, 0.1) is 10.9 Å². The van der Waals surface area contributed by atoms with Crippen molar-refractivity contribution in [1.82, 2.24) is 10.6 Å². The number of sulfonamides is 1. The summed E-state index contributed by atoms with van der Waals surface area (Å²) < 4.78 is 22.6. The molecule has 0 radical (unpaired) electrons. The summed E-state index contributed by atoms with van der Waals surface area (Å²) in [5, 5.41) is 10.5. The van der Waals surface area contributed by atoms with E-state index in [1.807, 2.05) is 60.7 Å². The van der Waals surface area contributed by atoms with Crippen LogP contribution in [-0.4, -0.2) is 26.8 Å². The van der Waals surface area contributed by atoms with Crippen molar-refractivity contribution in [2.24, 2.45) is 5.14 Å². The Morgan fingerprint density at radius 3 is 1.77 bits per heavy atom. The molecule has 31 heavy (non-hydrogen) atoms. The average molecular weight is 438 g/mol. The van der Waals surface area contributed by atoms with Crippen molar-refractivity contribution in [1.29, 1.82) is 0 Å². The molecule has 7 nitrogen and oxygen atoms in total. The molecule has 0 spiro atoms. The Morgan fingerprint density at radius 2 is 1.29 bits per heavy atom. The summed E-state index contributed by atoms with van der Waals surface area (Å²) in [6.45, 7) is 0.225. The predicted molar refractivity (Wildman–Crippen MR) is 117 cm³/mol. The molecule has 0 saturated heterocycles. The monoisotopic (exact) mass is 437 g/mol. The molecule has 0 aliphatic carbocycles. The maximum atomic E-state index is 12.5. The first-order valence-corrected chi connectivity index (χ1v) is 11.2. The Bertz CT molecular complexity index is 1090. The van der Waals surface area contributed by atoms with Crippen molar-refractivity contribution < 1.29 is 18.0 Å². The summed E-state index contributed by atoms with van der Waals surface area (Å²) in [6, 6.07) is 24.4. The lowest BCUT2D eigenvalue weighted by Gasteiger charge is -2.19. The van der Waals surface area contributed by atoms with E-state index in [9.17, 15) is 18.0 Å². The zero-order valence-electron chi connectivity index (χ0n) is 16.7. The van der Waals surface area contributed by atoms with Gasteiger partial charge in [-0.1, -0.05) is 72.8 Å². The zero-order chi connectivity index (χ0) is 22.3. The topological polar surface area (TPSA) is 118 Å². The molecule has 8 heteroatoms. The molecule has 0 aromatic heterocycles. The number of primary sulfonamides is 1. The largest absolute Gasteiger partial charge is 0.348 e. The van der Waals surface area contributed by atoms with Gasteiger partial charge in [0.15, 0.2) is 0 Å². The average Bonchev–Trinajstić information content (AvgIpc) is 2.78. The Balaban J connectivity index is 1.59. The quantitative estimate of drug-likeness (QED) is 0.489. The standard InChI is InChI=1S/C23H23N3O4S/c24-31(29,30)20-13-11-17(12-14-20)15-16-25-22(27)23(28)26-21(18-7-3-1-4-8-18)19-9-5-2-6-10-19/h1-14,21H,15-16H2,(H,25,27)(H,26,28)(H2,24,29,30). The molecule has 0 fully saturated rings.